The number of hydrogen-bond acceptors (Lipinski definition) is 2. The van der Waals surface area contributed by atoms with Crippen LogP contribution in [-0.2, 0) is 22.4 Å². The molecule has 0 spiro atoms. The largest absolute Gasteiger partial charge is 0.318 e. The molecule has 2 aromatic rings. The standard InChI is InChI=1S/C20H24N2O2/c1-3-5-6-16-9-13-18(14-10-16)22-20(24)19(23)21-17-11-7-15(4-2)8-12-17/h7-14H,3-6H2,1-2H3,(H,21,23)(H,22,24). The van der Waals surface area contributed by atoms with E-state index >= 15 is 0 Å². The summed E-state index contributed by atoms with van der Waals surface area (Å²) >= 11 is 0. The van der Waals surface area contributed by atoms with Crippen LogP contribution in [0.4, 0.5) is 11.4 Å². The second-order valence-corrected chi connectivity index (χ2v) is 5.76. The summed E-state index contributed by atoms with van der Waals surface area (Å²) in [5.74, 6) is -1.34. The van der Waals surface area contributed by atoms with Crippen molar-refractivity contribution in [2.45, 2.75) is 39.5 Å². The molecule has 2 amide bonds. The van der Waals surface area contributed by atoms with E-state index in [1.807, 2.05) is 36.4 Å². The lowest BCUT2D eigenvalue weighted by Crippen LogP contribution is -2.29. The number of hydrogen-bond donors (Lipinski definition) is 2. The molecule has 0 atom stereocenters. The number of carbonyl (C=O) groups is 2. The number of amides is 2. The molecule has 0 fully saturated rings. The molecule has 2 rings (SSSR count). The zero-order valence-electron chi connectivity index (χ0n) is 14.3. The molecule has 0 saturated heterocycles. The van der Waals surface area contributed by atoms with E-state index in [1.165, 1.54) is 11.1 Å². The average Bonchev–Trinajstić information content (AvgIpc) is 2.61. The van der Waals surface area contributed by atoms with Gasteiger partial charge in [-0.25, -0.2) is 0 Å². The minimum absolute atomic E-state index is 0.613. The highest BCUT2D eigenvalue weighted by Gasteiger charge is 2.13. The molecule has 24 heavy (non-hydrogen) atoms. The van der Waals surface area contributed by atoms with Crippen LogP contribution in [0.15, 0.2) is 48.5 Å². The van der Waals surface area contributed by atoms with E-state index in [4.69, 9.17) is 0 Å². The first-order valence-corrected chi connectivity index (χ1v) is 8.42. The summed E-state index contributed by atoms with van der Waals surface area (Å²) in [5, 5.41) is 5.22. The molecule has 0 unspecified atom stereocenters. The number of unbranched alkanes of at least 4 members (excludes halogenated alkanes) is 1. The number of nitrogens with one attached hydrogen (secondary N) is 2. The Kier molecular flexibility index (Phi) is 6.55. The second-order valence-electron chi connectivity index (χ2n) is 5.76. The van der Waals surface area contributed by atoms with Crippen LogP contribution < -0.4 is 10.6 Å². The highest BCUT2D eigenvalue weighted by Crippen LogP contribution is 2.13. The zero-order valence-corrected chi connectivity index (χ0v) is 14.3. The van der Waals surface area contributed by atoms with Crippen molar-refractivity contribution < 1.29 is 9.59 Å². The lowest BCUT2D eigenvalue weighted by molar-refractivity contribution is -0.132. The van der Waals surface area contributed by atoms with Gasteiger partial charge in [-0.1, -0.05) is 44.5 Å². The molecule has 2 N–H and O–H groups in total. The molecular formula is C20H24N2O2. The van der Waals surface area contributed by atoms with Gasteiger partial charge in [0.05, 0.1) is 0 Å². The van der Waals surface area contributed by atoms with Crippen molar-refractivity contribution in [3.63, 3.8) is 0 Å². The molecule has 0 aromatic heterocycles. The van der Waals surface area contributed by atoms with Gasteiger partial charge in [0, 0.05) is 11.4 Å². The molecule has 0 aliphatic heterocycles. The van der Waals surface area contributed by atoms with Gasteiger partial charge in [-0.3, -0.25) is 9.59 Å². The van der Waals surface area contributed by atoms with Gasteiger partial charge in [0.1, 0.15) is 0 Å². The molecule has 4 heteroatoms. The van der Waals surface area contributed by atoms with E-state index < -0.39 is 11.8 Å². The Morgan fingerprint density at radius 1 is 0.750 bits per heavy atom. The van der Waals surface area contributed by atoms with Gasteiger partial charge in [-0.2, -0.15) is 0 Å². The van der Waals surface area contributed by atoms with Crippen molar-refractivity contribution in [3.8, 4) is 0 Å². The van der Waals surface area contributed by atoms with Crippen molar-refractivity contribution in [2.75, 3.05) is 10.6 Å². The lowest BCUT2D eigenvalue weighted by Gasteiger charge is -2.08. The Morgan fingerprint density at radius 2 is 1.21 bits per heavy atom. The summed E-state index contributed by atoms with van der Waals surface area (Å²) in [6.07, 6.45) is 4.25. The maximum absolute atomic E-state index is 12.0. The molecule has 0 radical (unpaired) electrons. The van der Waals surface area contributed by atoms with Crippen molar-refractivity contribution >= 4 is 23.2 Å². The van der Waals surface area contributed by atoms with Gasteiger partial charge in [0.25, 0.3) is 0 Å². The number of rotatable bonds is 6. The second kappa shape index (κ2) is 8.87. The first kappa shape index (κ1) is 17.7. The summed E-state index contributed by atoms with van der Waals surface area (Å²) in [4.78, 5) is 23.9. The molecule has 4 nitrogen and oxygen atoms in total. The summed E-state index contributed by atoms with van der Waals surface area (Å²) < 4.78 is 0. The summed E-state index contributed by atoms with van der Waals surface area (Å²) in [7, 11) is 0. The monoisotopic (exact) mass is 324 g/mol. The van der Waals surface area contributed by atoms with E-state index in [-0.39, 0.29) is 0 Å². The van der Waals surface area contributed by atoms with Gasteiger partial charge in [-0.15, -0.1) is 0 Å². The van der Waals surface area contributed by atoms with Crippen LogP contribution in [0.2, 0.25) is 0 Å². The third-order valence-corrected chi connectivity index (χ3v) is 3.86. The van der Waals surface area contributed by atoms with Crippen LogP contribution in [0, 0.1) is 0 Å². The normalized spacial score (nSPS) is 10.2. The van der Waals surface area contributed by atoms with E-state index in [2.05, 4.69) is 24.5 Å². The Labute approximate surface area is 143 Å². The highest BCUT2D eigenvalue weighted by molar-refractivity contribution is 6.43. The SMILES string of the molecule is CCCCc1ccc(NC(=O)C(=O)Nc2ccc(CC)cc2)cc1. The molecule has 0 heterocycles. The third kappa shape index (κ3) is 5.23. The van der Waals surface area contributed by atoms with Crippen molar-refractivity contribution in [1.82, 2.24) is 0 Å². The number of anilines is 2. The van der Waals surface area contributed by atoms with Crippen LogP contribution in [-0.4, -0.2) is 11.8 Å². The third-order valence-electron chi connectivity index (χ3n) is 3.86. The van der Waals surface area contributed by atoms with Crippen molar-refractivity contribution in [3.05, 3.63) is 59.7 Å². The van der Waals surface area contributed by atoms with Crippen LogP contribution >= 0.6 is 0 Å². The zero-order chi connectivity index (χ0) is 17.4. The lowest BCUT2D eigenvalue weighted by atomic mass is 10.1. The van der Waals surface area contributed by atoms with Crippen molar-refractivity contribution in [1.29, 1.82) is 0 Å². The average molecular weight is 324 g/mol. The predicted octanol–water partition coefficient (Wildman–Crippen LogP) is 4.17. The Morgan fingerprint density at radius 3 is 1.62 bits per heavy atom. The van der Waals surface area contributed by atoms with Gasteiger partial charge >= 0.3 is 11.8 Å². The Hall–Kier alpha value is -2.62. The van der Waals surface area contributed by atoms with E-state index in [0.717, 1.165) is 25.7 Å². The predicted molar refractivity (Wildman–Crippen MR) is 98.1 cm³/mol. The smallest absolute Gasteiger partial charge is 0.314 e. The molecule has 0 saturated carbocycles. The Balaban J connectivity index is 1.89. The van der Waals surface area contributed by atoms with E-state index in [1.54, 1.807) is 12.1 Å². The summed E-state index contributed by atoms with van der Waals surface area (Å²) in [5.41, 5.74) is 3.65. The minimum atomic E-state index is -0.672. The van der Waals surface area contributed by atoms with E-state index in [9.17, 15) is 9.59 Å². The fourth-order valence-corrected chi connectivity index (χ4v) is 2.34. The molecule has 0 aliphatic carbocycles. The van der Waals surface area contributed by atoms with Crippen molar-refractivity contribution in [2.24, 2.45) is 0 Å². The van der Waals surface area contributed by atoms with Gasteiger partial charge in [-0.05, 0) is 54.7 Å². The van der Waals surface area contributed by atoms with Gasteiger partial charge in [0.15, 0.2) is 0 Å². The summed E-state index contributed by atoms with van der Waals surface area (Å²) in [6, 6.07) is 15.1. The van der Waals surface area contributed by atoms with Gasteiger partial charge < -0.3 is 10.6 Å². The molecule has 126 valence electrons. The first-order chi connectivity index (χ1) is 11.6. The maximum Gasteiger partial charge on any atom is 0.314 e. The topological polar surface area (TPSA) is 58.2 Å². The first-order valence-electron chi connectivity index (χ1n) is 8.42. The van der Waals surface area contributed by atoms with Crippen LogP contribution in [0.5, 0.6) is 0 Å². The summed E-state index contributed by atoms with van der Waals surface area (Å²) in [6.45, 7) is 4.22. The van der Waals surface area contributed by atoms with Crippen LogP contribution in [0.3, 0.4) is 0 Å². The van der Waals surface area contributed by atoms with Crippen LogP contribution in [0.25, 0.3) is 0 Å². The van der Waals surface area contributed by atoms with Gasteiger partial charge in [0.2, 0.25) is 0 Å². The van der Waals surface area contributed by atoms with Crippen LogP contribution in [0.1, 0.15) is 37.8 Å². The minimum Gasteiger partial charge on any atom is -0.318 e. The quantitative estimate of drug-likeness (QED) is 0.784. The molecule has 2 aromatic carbocycles. The fraction of sp³-hybridized carbons (Fsp3) is 0.300. The number of benzene rings is 2. The molecule has 0 bridgehead atoms. The fourth-order valence-electron chi connectivity index (χ4n) is 2.34. The maximum atomic E-state index is 12.0. The Bertz CT molecular complexity index is 676. The molecular weight excluding hydrogens is 300 g/mol. The number of carbonyl (C=O) groups excluding carboxylic acids is 2. The highest BCUT2D eigenvalue weighted by atomic mass is 16.2. The van der Waals surface area contributed by atoms with E-state index in [0.29, 0.717) is 11.4 Å². The molecule has 0 aliphatic rings. The number of aryl methyl sites for hydroxylation is 2.